The Hall–Kier alpha value is -4.66. The molecule has 40 heavy (non-hydrogen) atoms. The Bertz CT molecular complexity index is 1450. The largest absolute Gasteiger partial charge is 0.444 e. The molecule has 0 saturated heterocycles. The summed E-state index contributed by atoms with van der Waals surface area (Å²) in [6, 6.07) is 23.1. The van der Waals surface area contributed by atoms with Gasteiger partial charge in [-0.15, -0.1) is 0 Å². The van der Waals surface area contributed by atoms with Gasteiger partial charge in [0.05, 0.1) is 6.04 Å². The number of carbonyl (C=O) groups is 1. The van der Waals surface area contributed by atoms with Gasteiger partial charge in [-0.05, 0) is 50.5 Å². The number of hydrogen-bond acceptors (Lipinski definition) is 7. The van der Waals surface area contributed by atoms with Gasteiger partial charge in [0.15, 0.2) is 0 Å². The minimum Gasteiger partial charge on any atom is -0.444 e. The minimum atomic E-state index is -0.623. The van der Waals surface area contributed by atoms with Crippen LogP contribution in [0.3, 0.4) is 0 Å². The van der Waals surface area contributed by atoms with Crippen LogP contribution in [0.1, 0.15) is 31.9 Å². The van der Waals surface area contributed by atoms with Crippen molar-refractivity contribution < 1.29 is 9.53 Å². The number of amides is 1. The second-order valence-electron chi connectivity index (χ2n) is 10.5. The van der Waals surface area contributed by atoms with E-state index in [9.17, 15) is 9.59 Å². The first-order valence-electron chi connectivity index (χ1n) is 13.3. The van der Waals surface area contributed by atoms with E-state index in [1.165, 1.54) is 4.57 Å². The van der Waals surface area contributed by atoms with E-state index in [2.05, 4.69) is 20.9 Å². The number of carbonyl (C=O) groups excluding carboxylic acids is 1. The van der Waals surface area contributed by atoms with Crippen molar-refractivity contribution in [2.75, 3.05) is 17.2 Å². The molecular formula is C31H36N6O3. The van der Waals surface area contributed by atoms with Crippen molar-refractivity contribution in [3.05, 3.63) is 107 Å². The normalized spacial score (nSPS) is 11.9. The maximum absolute atomic E-state index is 13.6. The fourth-order valence-electron chi connectivity index (χ4n) is 4.19. The standard InChI is InChI=1S/C31H36N6O3/c1-31(2,3)40-30(39)35-25(19-22-11-7-5-8-12-22)21-34-29-36-26(24-15-17-32-18-16-24)27(28(38)37(29)4)33-20-23-13-9-6-10-14-23/h5-18,25,33H,19-21H2,1-4H3,(H,34,36)(H,35,39). The van der Waals surface area contributed by atoms with Gasteiger partial charge in [-0.2, -0.15) is 0 Å². The zero-order valence-corrected chi connectivity index (χ0v) is 23.3. The summed E-state index contributed by atoms with van der Waals surface area (Å²) in [5.74, 6) is 0.381. The van der Waals surface area contributed by atoms with E-state index in [0.29, 0.717) is 36.8 Å². The summed E-state index contributed by atoms with van der Waals surface area (Å²) in [4.78, 5) is 35.2. The summed E-state index contributed by atoms with van der Waals surface area (Å²) in [5.41, 5.74) is 2.94. The third-order valence-corrected chi connectivity index (χ3v) is 6.11. The van der Waals surface area contributed by atoms with E-state index in [1.54, 1.807) is 19.4 Å². The molecule has 208 valence electrons. The zero-order valence-electron chi connectivity index (χ0n) is 23.3. The van der Waals surface area contributed by atoms with E-state index in [0.717, 1.165) is 16.7 Å². The molecule has 1 atom stereocenters. The smallest absolute Gasteiger partial charge is 0.407 e. The van der Waals surface area contributed by atoms with Crippen LogP contribution in [-0.4, -0.2) is 38.8 Å². The van der Waals surface area contributed by atoms with Crippen LogP contribution in [-0.2, 0) is 24.8 Å². The third kappa shape index (κ3) is 7.92. The average Bonchev–Trinajstić information content (AvgIpc) is 2.93. The van der Waals surface area contributed by atoms with Crippen LogP contribution < -0.4 is 21.5 Å². The second-order valence-corrected chi connectivity index (χ2v) is 10.5. The molecule has 2 aromatic carbocycles. The Balaban J connectivity index is 1.61. The Kier molecular flexibility index (Phi) is 9.16. The van der Waals surface area contributed by atoms with E-state index in [4.69, 9.17) is 9.72 Å². The van der Waals surface area contributed by atoms with Crippen LogP contribution in [0.25, 0.3) is 11.3 Å². The predicted molar refractivity (Wildman–Crippen MR) is 158 cm³/mol. The van der Waals surface area contributed by atoms with Crippen LogP contribution in [0.2, 0.25) is 0 Å². The van der Waals surface area contributed by atoms with Gasteiger partial charge in [-0.1, -0.05) is 60.7 Å². The molecule has 0 aliphatic carbocycles. The van der Waals surface area contributed by atoms with Gasteiger partial charge in [0.25, 0.3) is 5.56 Å². The molecule has 0 bridgehead atoms. The monoisotopic (exact) mass is 540 g/mol. The molecule has 0 aliphatic heterocycles. The third-order valence-electron chi connectivity index (χ3n) is 6.11. The molecule has 0 spiro atoms. The summed E-state index contributed by atoms with van der Waals surface area (Å²) in [7, 11) is 1.68. The molecule has 1 unspecified atom stereocenters. The molecule has 2 aromatic heterocycles. The van der Waals surface area contributed by atoms with Gasteiger partial charge in [0.1, 0.15) is 17.0 Å². The van der Waals surface area contributed by atoms with Crippen LogP contribution in [0.15, 0.2) is 90.0 Å². The van der Waals surface area contributed by atoms with Crippen molar-refractivity contribution in [3.8, 4) is 11.3 Å². The Labute approximate surface area is 234 Å². The Morgan fingerprint density at radius 3 is 2.17 bits per heavy atom. The van der Waals surface area contributed by atoms with Crippen molar-refractivity contribution in [2.45, 2.75) is 45.4 Å². The molecule has 0 saturated carbocycles. The Morgan fingerprint density at radius 2 is 1.55 bits per heavy atom. The van der Waals surface area contributed by atoms with Gasteiger partial charge in [-0.3, -0.25) is 14.3 Å². The summed E-state index contributed by atoms with van der Waals surface area (Å²) in [6.07, 6.45) is 3.40. The summed E-state index contributed by atoms with van der Waals surface area (Å²) in [6.45, 7) is 6.27. The number of hydrogen-bond donors (Lipinski definition) is 3. The summed E-state index contributed by atoms with van der Waals surface area (Å²) >= 11 is 0. The van der Waals surface area contributed by atoms with Gasteiger partial charge < -0.3 is 20.7 Å². The SMILES string of the molecule is Cn1c(NCC(Cc2ccccc2)NC(=O)OC(C)(C)C)nc(-c2ccncc2)c(NCc2ccccc2)c1=O. The molecule has 3 N–H and O–H groups in total. The average molecular weight is 541 g/mol. The molecule has 4 rings (SSSR count). The molecule has 4 aromatic rings. The summed E-state index contributed by atoms with van der Waals surface area (Å²) in [5, 5.41) is 9.55. The van der Waals surface area contributed by atoms with Crippen molar-refractivity contribution >= 4 is 17.7 Å². The lowest BCUT2D eigenvalue weighted by Crippen LogP contribution is -2.44. The number of aromatic nitrogens is 3. The molecule has 0 radical (unpaired) electrons. The first-order chi connectivity index (χ1) is 19.2. The zero-order chi connectivity index (χ0) is 28.5. The maximum atomic E-state index is 13.6. The number of rotatable bonds is 10. The van der Waals surface area contributed by atoms with Crippen molar-refractivity contribution in [1.82, 2.24) is 19.9 Å². The van der Waals surface area contributed by atoms with Gasteiger partial charge in [0.2, 0.25) is 5.95 Å². The number of ether oxygens (including phenoxy) is 1. The number of pyridine rings is 1. The Morgan fingerprint density at radius 1 is 0.925 bits per heavy atom. The highest BCUT2D eigenvalue weighted by atomic mass is 16.6. The molecule has 0 fully saturated rings. The van der Waals surface area contributed by atoms with Crippen molar-refractivity contribution in [3.63, 3.8) is 0 Å². The number of nitrogens with zero attached hydrogens (tertiary/aromatic N) is 3. The second kappa shape index (κ2) is 12.9. The van der Waals surface area contributed by atoms with Crippen LogP contribution in [0.5, 0.6) is 0 Å². The van der Waals surface area contributed by atoms with Crippen LogP contribution >= 0.6 is 0 Å². The quantitative estimate of drug-likeness (QED) is 0.260. The van der Waals surface area contributed by atoms with E-state index in [1.807, 2.05) is 93.6 Å². The van der Waals surface area contributed by atoms with Crippen molar-refractivity contribution in [1.29, 1.82) is 0 Å². The first-order valence-corrected chi connectivity index (χ1v) is 13.3. The van der Waals surface area contributed by atoms with Crippen LogP contribution in [0, 0.1) is 0 Å². The van der Waals surface area contributed by atoms with Crippen LogP contribution in [0.4, 0.5) is 16.4 Å². The fraction of sp³-hybridized carbons (Fsp3) is 0.290. The minimum absolute atomic E-state index is 0.222. The predicted octanol–water partition coefficient (Wildman–Crippen LogP) is 5.00. The molecule has 9 nitrogen and oxygen atoms in total. The highest BCUT2D eigenvalue weighted by Gasteiger charge is 2.21. The van der Waals surface area contributed by atoms with E-state index in [-0.39, 0.29) is 11.6 Å². The highest BCUT2D eigenvalue weighted by Crippen LogP contribution is 2.25. The molecule has 1 amide bonds. The fourth-order valence-corrected chi connectivity index (χ4v) is 4.19. The number of alkyl carbamates (subject to hydrolysis) is 1. The molecule has 2 heterocycles. The van der Waals surface area contributed by atoms with Crippen molar-refractivity contribution in [2.24, 2.45) is 7.05 Å². The maximum Gasteiger partial charge on any atom is 0.407 e. The van der Waals surface area contributed by atoms with Gasteiger partial charge in [-0.25, -0.2) is 9.78 Å². The molecular weight excluding hydrogens is 504 g/mol. The summed E-state index contributed by atoms with van der Waals surface area (Å²) < 4.78 is 6.97. The number of anilines is 2. The number of benzene rings is 2. The lowest BCUT2D eigenvalue weighted by Gasteiger charge is -2.24. The van der Waals surface area contributed by atoms with E-state index >= 15 is 0 Å². The topological polar surface area (TPSA) is 110 Å². The lowest BCUT2D eigenvalue weighted by atomic mass is 10.1. The lowest BCUT2D eigenvalue weighted by molar-refractivity contribution is 0.0507. The first kappa shape index (κ1) is 28.4. The molecule has 9 heteroatoms. The van der Waals surface area contributed by atoms with Gasteiger partial charge in [0, 0.05) is 38.1 Å². The molecule has 0 aliphatic rings. The van der Waals surface area contributed by atoms with Gasteiger partial charge >= 0.3 is 6.09 Å². The van der Waals surface area contributed by atoms with E-state index < -0.39 is 11.7 Å². The number of nitrogens with one attached hydrogen (secondary N) is 3. The highest BCUT2D eigenvalue weighted by molar-refractivity contribution is 5.74.